The van der Waals surface area contributed by atoms with Crippen LogP contribution in [-0.4, -0.2) is 18.0 Å². The summed E-state index contributed by atoms with van der Waals surface area (Å²) < 4.78 is 0. The van der Waals surface area contributed by atoms with Crippen molar-refractivity contribution in [1.29, 1.82) is 0 Å². The molecule has 1 aliphatic heterocycles. The largest absolute Gasteiger partial charge is 0.317 e. The molecule has 1 N–H and O–H groups in total. The van der Waals surface area contributed by atoms with E-state index in [0.29, 0.717) is 5.92 Å². The molecule has 1 aromatic carbocycles. The van der Waals surface area contributed by atoms with Crippen molar-refractivity contribution in [3.63, 3.8) is 0 Å². The number of allylic oxidation sites excluding steroid dienone is 1. The van der Waals surface area contributed by atoms with Gasteiger partial charge in [0.1, 0.15) is 0 Å². The lowest BCUT2D eigenvalue weighted by atomic mass is 9.77. The van der Waals surface area contributed by atoms with Gasteiger partial charge in [0.25, 0.3) is 0 Å². The monoisotopic (exact) mass is 397 g/mol. The molecule has 0 spiro atoms. The Bertz CT molecular complexity index is 447. The summed E-state index contributed by atoms with van der Waals surface area (Å²) in [5.41, 5.74) is 4.05. The van der Waals surface area contributed by atoms with Gasteiger partial charge < -0.3 is 5.32 Å². The number of piperidine rings is 1. The molecule has 0 bridgehead atoms. The molecular weight excluding hydrogens is 369 g/mol. The van der Waals surface area contributed by atoms with Gasteiger partial charge in [-0.05, 0) is 67.2 Å². The number of nitrogens with one attached hydrogen (secondary N) is 1. The van der Waals surface area contributed by atoms with Crippen LogP contribution >= 0.6 is 22.6 Å². The van der Waals surface area contributed by atoms with Crippen LogP contribution in [-0.2, 0) is 0 Å². The van der Waals surface area contributed by atoms with Gasteiger partial charge in [-0.1, -0.05) is 65.1 Å². The van der Waals surface area contributed by atoms with E-state index in [4.69, 9.17) is 0 Å². The van der Waals surface area contributed by atoms with Crippen LogP contribution in [0.15, 0.2) is 37.4 Å². The normalized spacial score (nSPS) is 16.5. The Morgan fingerprint density at radius 1 is 1.29 bits per heavy atom. The summed E-state index contributed by atoms with van der Waals surface area (Å²) in [6.07, 6.45) is 7.67. The maximum atomic E-state index is 3.98. The Labute approximate surface area is 144 Å². The Kier molecular flexibility index (Phi) is 8.93. The van der Waals surface area contributed by atoms with Gasteiger partial charge in [0, 0.05) is 0 Å². The average Bonchev–Trinajstić information content (AvgIpc) is 2.55. The van der Waals surface area contributed by atoms with Crippen molar-refractivity contribution in [2.45, 2.75) is 32.1 Å². The highest BCUT2D eigenvalue weighted by Gasteiger charge is 2.25. The predicted octanol–water partition coefficient (Wildman–Crippen LogP) is 5.35. The first kappa shape index (κ1) is 18.4. The van der Waals surface area contributed by atoms with Crippen LogP contribution in [0.4, 0.5) is 0 Å². The molecule has 2 rings (SSSR count). The predicted molar refractivity (Wildman–Crippen MR) is 104 cm³/mol. The van der Waals surface area contributed by atoms with Gasteiger partial charge in [-0.3, -0.25) is 0 Å². The molecule has 0 radical (unpaired) electrons. The summed E-state index contributed by atoms with van der Waals surface area (Å²) in [7, 11) is 0. The molecule has 0 saturated carbocycles. The standard InChI is InChI=1S/C18H25N.CH3I/c1-4-6-17(16-9-11-19-12-10-16)18-8-7-14(3)13-15(18)5-2;1-2/h4-5,7-8,13,16-17,19H,1-2,6,9-12H2,3H3;1H3. The van der Waals surface area contributed by atoms with Crippen molar-refractivity contribution in [2.24, 2.45) is 5.92 Å². The van der Waals surface area contributed by atoms with E-state index in [9.17, 15) is 0 Å². The Hall–Kier alpha value is -0.610. The summed E-state index contributed by atoms with van der Waals surface area (Å²) in [4.78, 5) is 1.97. The highest BCUT2D eigenvalue weighted by atomic mass is 127. The average molecular weight is 397 g/mol. The molecule has 1 aliphatic rings. The van der Waals surface area contributed by atoms with Gasteiger partial charge in [0.05, 0.1) is 0 Å². The van der Waals surface area contributed by atoms with Crippen LogP contribution < -0.4 is 5.32 Å². The highest BCUT2D eigenvalue weighted by Crippen LogP contribution is 2.36. The van der Waals surface area contributed by atoms with E-state index in [2.05, 4.69) is 72.3 Å². The van der Waals surface area contributed by atoms with E-state index in [1.165, 1.54) is 29.5 Å². The van der Waals surface area contributed by atoms with Crippen LogP contribution in [0.2, 0.25) is 0 Å². The molecule has 0 aliphatic carbocycles. The number of alkyl halides is 1. The lowest BCUT2D eigenvalue weighted by molar-refractivity contribution is 0.318. The fourth-order valence-corrected chi connectivity index (χ4v) is 3.21. The second kappa shape index (κ2) is 10.2. The third-order valence-electron chi connectivity index (χ3n) is 4.24. The molecule has 1 atom stereocenters. The maximum absolute atomic E-state index is 3.98. The number of rotatable bonds is 5. The molecule has 1 nitrogen and oxygen atoms in total. The zero-order valence-electron chi connectivity index (χ0n) is 13.4. The van der Waals surface area contributed by atoms with Crippen molar-refractivity contribution in [3.05, 3.63) is 54.1 Å². The van der Waals surface area contributed by atoms with Gasteiger partial charge in [-0.15, -0.1) is 6.58 Å². The summed E-state index contributed by atoms with van der Waals surface area (Å²) in [6, 6.07) is 6.77. The molecular formula is C19H28IN. The smallest absolute Gasteiger partial charge is 0.00460 e. The zero-order chi connectivity index (χ0) is 15.7. The van der Waals surface area contributed by atoms with Gasteiger partial charge in [-0.25, -0.2) is 0 Å². The fraction of sp³-hybridized carbons (Fsp3) is 0.474. The molecule has 1 heterocycles. The number of aryl methyl sites for hydroxylation is 1. The summed E-state index contributed by atoms with van der Waals surface area (Å²) in [5, 5.41) is 3.45. The molecule has 1 fully saturated rings. The van der Waals surface area contributed by atoms with E-state index in [1.807, 2.05) is 11.0 Å². The van der Waals surface area contributed by atoms with Crippen molar-refractivity contribution < 1.29 is 0 Å². The Balaban J connectivity index is 0.00000106. The number of hydrogen-bond donors (Lipinski definition) is 1. The van der Waals surface area contributed by atoms with Crippen molar-refractivity contribution in [2.75, 3.05) is 18.0 Å². The number of benzene rings is 1. The molecule has 1 unspecified atom stereocenters. The first-order valence-electron chi connectivity index (χ1n) is 7.68. The summed E-state index contributed by atoms with van der Waals surface area (Å²) >= 11 is 2.15. The topological polar surface area (TPSA) is 12.0 Å². The van der Waals surface area contributed by atoms with Gasteiger partial charge in [0.15, 0.2) is 0 Å². The van der Waals surface area contributed by atoms with E-state index < -0.39 is 0 Å². The molecule has 21 heavy (non-hydrogen) atoms. The molecule has 1 saturated heterocycles. The summed E-state index contributed by atoms with van der Waals surface area (Å²) in [6.45, 7) is 12.4. The third kappa shape index (κ3) is 5.26. The Morgan fingerprint density at radius 2 is 1.95 bits per heavy atom. The minimum absolute atomic E-state index is 0.591. The van der Waals surface area contributed by atoms with Crippen LogP contribution in [0.5, 0.6) is 0 Å². The SMILES string of the molecule is C=CCC(c1ccc(C)cc1C=C)C1CCNCC1.CI. The molecule has 0 amide bonds. The van der Waals surface area contributed by atoms with Crippen LogP contribution in [0.3, 0.4) is 0 Å². The quantitative estimate of drug-likeness (QED) is 0.401. The second-order valence-electron chi connectivity index (χ2n) is 5.55. The Morgan fingerprint density at radius 3 is 2.52 bits per heavy atom. The number of hydrogen-bond acceptors (Lipinski definition) is 1. The first-order valence-corrected chi connectivity index (χ1v) is 9.84. The maximum Gasteiger partial charge on any atom is -0.00460 e. The van der Waals surface area contributed by atoms with Gasteiger partial charge in [0.2, 0.25) is 0 Å². The molecule has 1 aromatic rings. The highest BCUT2D eigenvalue weighted by molar-refractivity contribution is 14.1. The first-order chi connectivity index (χ1) is 10.3. The van der Waals surface area contributed by atoms with E-state index in [-0.39, 0.29) is 0 Å². The minimum Gasteiger partial charge on any atom is -0.317 e. The van der Waals surface area contributed by atoms with Crippen LogP contribution in [0.1, 0.15) is 41.9 Å². The van der Waals surface area contributed by atoms with Gasteiger partial charge in [-0.2, -0.15) is 0 Å². The van der Waals surface area contributed by atoms with Gasteiger partial charge >= 0.3 is 0 Å². The second-order valence-corrected chi connectivity index (χ2v) is 5.55. The third-order valence-corrected chi connectivity index (χ3v) is 4.24. The molecule has 2 heteroatoms. The molecule has 0 aromatic heterocycles. The van der Waals surface area contributed by atoms with Crippen LogP contribution in [0, 0.1) is 12.8 Å². The van der Waals surface area contributed by atoms with Crippen LogP contribution in [0.25, 0.3) is 6.08 Å². The number of halogens is 1. The minimum atomic E-state index is 0.591. The lowest BCUT2D eigenvalue weighted by Crippen LogP contribution is -2.31. The van der Waals surface area contributed by atoms with E-state index in [1.54, 1.807) is 0 Å². The summed E-state index contributed by atoms with van der Waals surface area (Å²) in [5.74, 6) is 1.36. The van der Waals surface area contributed by atoms with E-state index in [0.717, 1.165) is 25.4 Å². The van der Waals surface area contributed by atoms with Crippen molar-refractivity contribution in [1.82, 2.24) is 5.32 Å². The fourth-order valence-electron chi connectivity index (χ4n) is 3.21. The molecule has 116 valence electrons. The lowest BCUT2D eigenvalue weighted by Gasteiger charge is -2.31. The van der Waals surface area contributed by atoms with E-state index >= 15 is 0 Å². The zero-order valence-corrected chi connectivity index (χ0v) is 15.5. The van der Waals surface area contributed by atoms with Crippen molar-refractivity contribution in [3.8, 4) is 0 Å². The van der Waals surface area contributed by atoms with Crippen molar-refractivity contribution >= 4 is 28.7 Å².